The normalized spacial score (nSPS) is 10.7. The maximum atomic E-state index is 12.3. The van der Waals surface area contributed by atoms with Gasteiger partial charge in [-0.25, -0.2) is 4.98 Å². The average Bonchev–Trinajstić information content (AvgIpc) is 3.18. The summed E-state index contributed by atoms with van der Waals surface area (Å²) in [6.45, 7) is 2.08. The summed E-state index contributed by atoms with van der Waals surface area (Å²) in [6.07, 6.45) is 0.936. The zero-order chi connectivity index (χ0) is 20.2. The lowest BCUT2D eigenvalue weighted by atomic mass is 10.1. The summed E-state index contributed by atoms with van der Waals surface area (Å²) in [5.41, 5.74) is 5.45. The molecule has 1 aromatic heterocycles. The number of fused-ring (bicyclic) bond motifs is 1. The van der Waals surface area contributed by atoms with Crippen LogP contribution in [-0.2, 0) is 6.42 Å². The summed E-state index contributed by atoms with van der Waals surface area (Å²) in [5, 5.41) is 6.00. The molecule has 0 unspecified atom stereocenters. The second-order valence-corrected chi connectivity index (χ2v) is 7.05. The Morgan fingerprint density at radius 1 is 1.00 bits per heavy atom. The van der Waals surface area contributed by atoms with Crippen LogP contribution in [0.15, 0.2) is 72.8 Å². The van der Waals surface area contributed by atoms with Crippen molar-refractivity contribution < 1.29 is 4.79 Å². The number of aryl methyl sites for hydroxylation is 1. The molecule has 0 saturated heterocycles. The zero-order valence-corrected chi connectivity index (χ0v) is 16.7. The number of para-hydroxylation sites is 2. The minimum atomic E-state index is -0.232. The van der Waals surface area contributed by atoms with Gasteiger partial charge in [-0.15, -0.1) is 0 Å². The Hall–Kier alpha value is -3.51. The highest BCUT2D eigenvalue weighted by molar-refractivity contribution is 7.80. The summed E-state index contributed by atoms with van der Waals surface area (Å²) in [7, 11) is 0. The Balaban J connectivity index is 1.40. The highest BCUT2D eigenvalue weighted by Crippen LogP contribution is 2.22. The minimum Gasteiger partial charge on any atom is -0.338 e. The molecule has 0 saturated carbocycles. The van der Waals surface area contributed by atoms with Crippen LogP contribution in [0.25, 0.3) is 22.4 Å². The van der Waals surface area contributed by atoms with E-state index in [-0.39, 0.29) is 11.0 Å². The number of thiocarbonyl (C=S) groups is 1. The van der Waals surface area contributed by atoms with Gasteiger partial charge in [0.05, 0.1) is 11.0 Å². The number of H-pyrrole nitrogens is 1. The van der Waals surface area contributed by atoms with Crippen LogP contribution in [0.5, 0.6) is 0 Å². The summed E-state index contributed by atoms with van der Waals surface area (Å²) < 4.78 is 0. The van der Waals surface area contributed by atoms with Gasteiger partial charge >= 0.3 is 0 Å². The molecular weight excluding hydrogens is 380 g/mol. The van der Waals surface area contributed by atoms with E-state index >= 15 is 0 Å². The van der Waals surface area contributed by atoms with Crippen LogP contribution in [0.3, 0.4) is 0 Å². The molecule has 0 radical (unpaired) electrons. The third-order valence-corrected chi connectivity index (χ3v) is 4.86. The summed E-state index contributed by atoms with van der Waals surface area (Å²) >= 11 is 5.27. The van der Waals surface area contributed by atoms with Crippen molar-refractivity contribution in [2.45, 2.75) is 13.3 Å². The molecule has 4 aromatic rings. The first-order chi connectivity index (χ1) is 14.1. The van der Waals surface area contributed by atoms with Gasteiger partial charge in [-0.3, -0.25) is 10.1 Å². The predicted molar refractivity (Wildman–Crippen MR) is 121 cm³/mol. The van der Waals surface area contributed by atoms with E-state index < -0.39 is 0 Å². The fourth-order valence-electron chi connectivity index (χ4n) is 3.03. The number of benzene rings is 3. The summed E-state index contributed by atoms with van der Waals surface area (Å²) in [6, 6.07) is 23.1. The van der Waals surface area contributed by atoms with Crippen LogP contribution in [0.1, 0.15) is 22.8 Å². The van der Waals surface area contributed by atoms with Gasteiger partial charge in [0.25, 0.3) is 5.91 Å². The molecule has 5 nitrogen and oxygen atoms in total. The second kappa shape index (κ2) is 8.24. The van der Waals surface area contributed by atoms with Crippen molar-refractivity contribution in [2.24, 2.45) is 0 Å². The average molecular weight is 401 g/mol. The first kappa shape index (κ1) is 18.8. The number of aromatic nitrogens is 2. The van der Waals surface area contributed by atoms with E-state index in [4.69, 9.17) is 12.2 Å². The first-order valence-electron chi connectivity index (χ1n) is 9.39. The number of aromatic amines is 1. The molecule has 0 atom stereocenters. The topological polar surface area (TPSA) is 69.8 Å². The van der Waals surface area contributed by atoms with Crippen LogP contribution in [0.2, 0.25) is 0 Å². The molecule has 144 valence electrons. The van der Waals surface area contributed by atoms with Gasteiger partial charge in [-0.2, -0.15) is 0 Å². The van der Waals surface area contributed by atoms with Crippen molar-refractivity contribution in [2.75, 3.05) is 5.32 Å². The van der Waals surface area contributed by atoms with Crippen LogP contribution in [0.4, 0.5) is 5.69 Å². The molecule has 0 spiro atoms. The fourth-order valence-corrected chi connectivity index (χ4v) is 3.24. The number of nitrogens with one attached hydrogen (secondary N) is 3. The first-order valence-corrected chi connectivity index (χ1v) is 9.79. The Morgan fingerprint density at radius 2 is 1.72 bits per heavy atom. The smallest absolute Gasteiger partial charge is 0.257 e. The molecule has 0 fully saturated rings. The number of hydrogen-bond donors (Lipinski definition) is 3. The van der Waals surface area contributed by atoms with E-state index in [9.17, 15) is 4.79 Å². The van der Waals surface area contributed by atoms with Crippen molar-refractivity contribution in [3.63, 3.8) is 0 Å². The standard InChI is InChI=1S/C23H20N4OS/c1-2-15-7-9-17(10-8-15)22(28)27-23(29)24-18-13-11-16(12-14-18)21-25-19-5-3-4-6-20(19)26-21/h3-14H,2H2,1H3,(H,25,26)(H2,24,27,28,29). The molecule has 0 aliphatic rings. The third-order valence-electron chi connectivity index (χ3n) is 4.66. The zero-order valence-electron chi connectivity index (χ0n) is 15.9. The van der Waals surface area contributed by atoms with Gasteiger partial charge in [0, 0.05) is 16.8 Å². The molecule has 6 heteroatoms. The Morgan fingerprint density at radius 3 is 2.41 bits per heavy atom. The number of nitrogens with zero attached hydrogens (tertiary/aromatic N) is 1. The van der Waals surface area contributed by atoms with Gasteiger partial charge in [-0.05, 0) is 72.7 Å². The lowest BCUT2D eigenvalue weighted by Crippen LogP contribution is -2.34. The maximum Gasteiger partial charge on any atom is 0.257 e. The Kier molecular flexibility index (Phi) is 5.35. The SMILES string of the molecule is CCc1ccc(C(=O)NC(=S)Nc2ccc(-c3nc4ccccc4[nH]3)cc2)cc1. The number of carbonyl (C=O) groups is 1. The van der Waals surface area contributed by atoms with Crippen LogP contribution >= 0.6 is 12.2 Å². The van der Waals surface area contributed by atoms with Crippen LogP contribution in [0, 0.1) is 0 Å². The molecule has 0 aliphatic carbocycles. The third kappa shape index (κ3) is 4.33. The van der Waals surface area contributed by atoms with Gasteiger partial charge in [0.1, 0.15) is 5.82 Å². The second-order valence-electron chi connectivity index (χ2n) is 6.64. The molecule has 4 rings (SSSR count). The number of rotatable bonds is 4. The fraction of sp³-hybridized carbons (Fsp3) is 0.0870. The Bertz CT molecular complexity index is 1130. The molecular formula is C23H20N4OS. The van der Waals surface area contributed by atoms with Gasteiger partial charge in [-0.1, -0.05) is 31.2 Å². The Labute approximate surface area is 174 Å². The van der Waals surface area contributed by atoms with Crippen molar-refractivity contribution in [3.05, 3.63) is 83.9 Å². The van der Waals surface area contributed by atoms with E-state index in [0.717, 1.165) is 34.5 Å². The van der Waals surface area contributed by atoms with Crippen molar-refractivity contribution in [1.82, 2.24) is 15.3 Å². The minimum absolute atomic E-state index is 0.232. The lowest BCUT2D eigenvalue weighted by Gasteiger charge is -2.10. The molecule has 29 heavy (non-hydrogen) atoms. The molecule has 3 N–H and O–H groups in total. The van der Waals surface area contributed by atoms with Crippen LogP contribution < -0.4 is 10.6 Å². The molecule has 3 aromatic carbocycles. The number of amides is 1. The monoisotopic (exact) mass is 400 g/mol. The van der Waals surface area contributed by atoms with E-state index in [1.54, 1.807) is 12.1 Å². The maximum absolute atomic E-state index is 12.3. The lowest BCUT2D eigenvalue weighted by molar-refractivity contribution is 0.0977. The van der Waals surface area contributed by atoms with Crippen molar-refractivity contribution >= 4 is 40.0 Å². The highest BCUT2D eigenvalue weighted by Gasteiger charge is 2.09. The van der Waals surface area contributed by atoms with E-state index in [2.05, 4.69) is 27.5 Å². The summed E-state index contributed by atoms with van der Waals surface area (Å²) in [4.78, 5) is 20.2. The van der Waals surface area contributed by atoms with Gasteiger partial charge in [0.15, 0.2) is 5.11 Å². The number of carbonyl (C=O) groups excluding carboxylic acids is 1. The van der Waals surface area contributed by atoms with Gasteiger partial charge in [0.2, 0.25) is 0 Å². The number of anilines is 1. The van der Waals surface area contributed by atoms with Crippen LogP contribution in [-0.4, -0.2) is 21.0 Å². The van der Waals surface area contributed by atoms with E-state index in [0.29, 0.717) is 5.56 Å². The van der Waals surface area contributed by atoms with Gasteiger partial charge < -0.3 is 10.3 Å². The summed E-state index contributed by atoms with van der Waals surface area (Å²) in [5.74, 6) is 0.577. The highest BCUT2D eigenvalue weighted by atomic mass is 32.1. The van der Waals surface area contributed by atoms with Crippen molar-refractivity contribution in [1.29, 1.82) is 0 Å². The predicted octanol–water partition coefficient (Wildman–Crippen LogP) is 4.92. The largest absolute Gasteiger partial charge is 0.338 e. The quantitative estimate of drug-likeness (QED) is 0.425. The van der Waals surface area contributed by atoms with E-state index in [1.807, 2.05) is 60.7 Å². The molecule has 1 heterocycles. The number of imidazole rings is 1. The number of hydrogen-bond acceptors (Lipinski definition) is 3. The molecule has 0 bridgehead atoms. The van der Waals surface area contributed by atoms with Crippen molar-refractivity contribution in [3.8, 4) is 11.4 Å². The molecule has 0 aliphatic heterocycles. The van der Waals surface area contributed by atoms with E-state index in [1.165, 1.54) is 5.56 Å². The molecule has 1 amide bonds.